The first-order valence-electron chi connectivity index (χ1n) is 8.54. The van der Waals surface area contributed by atoms with Crippen molar-refractivity contribution < 1.29 is 51.7 Å². The van der Waals surface area contributed by atoms with Gasteiger partial charge in [0.1, 0.15) is 0 Å². The van der Waals surface area contributed by atoms with E-state index in [1.165, 1.54) is 14.2 Å². The van der Waals surface area contributed by atoms with Crippen LogP contribution in [0.4, 0.5) is 0 Å². The van der Waals surface area contributed by atoms with Gasteiger partial charge in [0.2, 0.25) is 37.6 Å². The van der Waals surface area contributed by atoms with Crippen LogP contribution in [0.5, 0.6) is 0 Å². The molecule has 31 heavy (non-hydrogen) atoms. The monoisotopic (exact) mass is 577 g/mol. The van der Waals surface area contributed by atoms with Crippen molar-refractivity contribution in [2.75, 3.05) is 21.3 Å². The Kier molecular flexibility index (Phi) is 13.3. The summed E-state index contributed by atoms with van der Waals surface area (Å²) in [4.78, 5) is 21.1. The summed E-state index contributed by atoms with van der Waals surface area (Å²) < 4.78 is 54.1. The molecule has 0 aromatic rings. The van der Waals surface area contributed by atoms with Gasteiger partial charge in [0.25, 0.3) is 0 Å². The van der Waals surface area contributed by atoms with Gasteiger partial charge in [-0.1, -0.05) is 11.4 Å². The Bertz CT molecular complexity index is 581. The van der Waals surface area contributed by atoms with E-state index in [4.69, 9.17) is 42.1 Å². The Morgan fingerprint density at radius 3 is 1.52 bits per heavy atom. The van der Waals surface area contributed by atoms with E-state index >= 15 is 0 Å². The van der Waals surface area contributed by atoms with Crippen molar-refractivity contribution in [1.29, 1.82) is 0 Å². The summed E-state index contributed by atoms with van der Waals surface area (Å²) in [6.07, 6.45) is 0. The summed E-state index contributed by atoms with van der Waals surface area (Å²) >= 11 is 0. The highest BCUT2D eigenvalue weighted by atomic mass is 28.6. The summed E-state index contributed by atoms with van der Waals surface area (Å²) in [5.74, 6) is 0. The maximum absolute atomic E-state index is 11.1. The molecule has 0 aliphatic carbocycles. The quantitative estimate of drug-likeness (QED) is 0.213. The molecule has 0 aromatic carbocycles. The fraction of sp³-hybridized carbons (Fsp3) is 0.636. The van der Waals surface area contributed by atoms with Crippen LogP contribution < -0.4 is 0 Å². The number of hydrogen-bond donors (Lipinski definition) is 2. The van der Waals surface area contributed by atoms with Gasteiger partial charge in [-0.3, -0.25) is 0 Å². The molecule has 0 heterocycles. The molecule has 0 aliphatic rings. The highest BCUT2D eigenvalue weighted by Gasteiger charge is 2.65. The molecule has 0 saturated carbocycles. The van der Waals surface area contributed by atoms with E-state index in [0.29, 0.717) is 0 Å². The lowest BCUT2D eigenvalue weighted by Crippen LogP contribution is -2.69. The topological polar surface area (TPSA) is 133 Å². The molecule has 7 radical (unpaired) electrons. The third kappa shape index (κ3) is 10.3. The molecule has 3 atom stereocenters. The minimum atomic E-state index is -4.73. The molecule has 0 rings (SSSR count). The number of hydrogen-bond acceptors (Lipinski definition) is 12. The molecule has 0 aromatic heterocycles. The van der Waals surface area contributed by atoms with Gasteiger partial charge in [0.15, 0.2) is 0 Å². The van der Waals surface area contributed by atoms with E-state index in [2.05, 4.69) is 34.1 Å². The van der Waals surface area contributed by atoms with Crippen LogP contribution in [0, 0.1) is 0 Å². The smallest absolute Gasteiger partial charge is 0.395 e. The van der Waals surface area contributed by atoms with Crippen molar-refractivity contribution in [2.24, 2.45) is 0 Å². The molecule has 0 spiro atoms. The van der Waals surface area contributed by atoms with E-state index in [1.54, 1.807) is 37.6 Å². The summed E-state index contributed by atoms with van der Waals surface area (Å²) in [7, 11) is -12.0. The van der Waals surface area contributed by atoms with Gasteiger partial charge in [0, 0.05) is 21.3 Å². The van der Waals surface area contributed by atoms with Crippen LogP contribution in [-0.4, -0.2) is 105 Å². The zero-order valence-electron chi connectivity index (χ0n) is 18.5. The Morgan fingerprint density at radius 1 is 0.774 bits per heavy atom. The first kappa shape index (κ1) is 31.7. The van der Waals surface area contributed by atoms with E-state index in [1.807, 2.05) is 0 Å². The second-order valence-electron chi connectivity index (χ2n) is 6.73. The van der Waals surface area contributed by atoms with Crippen molar-refractivity contribution in [3.8, 4) is 0 Å². The zero-order chi connectivity index (χ0) is 24.6. The third-order valence-corrected chi connectivity index (χ3v) is 20.7. The lowest BCUT2D eigenvalue weighted by Gasteiger charge is -2.39. The normalized spacial score (nSPS) is 18.8. The Labute approximate surface area is 197 Å². The summed E-state index contributed by atoms with van der Waals surface area (Å²) in [5, 5.41) is 0. The van der Waals surface area contributed by atoms with Crippen molar-refractivity contribution in [2.45, 2.75) is 26.2 Å². The van der Waals surface area contributed by atoms with Gasteiger partial charge in [-0.25, -0.2) is 0 Å². The molecular formula is C11H29O12Si8. The Balaban J connectivity index is 6.17. The second-order valence-corrected chi connectivity index (χ2v) is 24.5. The van der Waals surface area contributed by atoms with E-state index in [9.17, 15) is 9.59 Å². The van der Waals surface area contributed by atoms with Gasteiger partial charge in [-0.15, -0.1) is 13.2 Å². The predicted molar refractivity (Wildman–Crippen MR) is 123 cm³/mol. The van der Waals surface area contributed by atoms with Crippen molar-refractivity contribution in [3.05, 3.63) is 24.6 Å². The molecule has 177 valence electrons. The summed E-state index contributed by atoms with van der Waals surface area (Å²) in [6.45, 7) is 14.5. The van der Waals surface area contributed by atoms with Gasteiger partial charge >= 0.3 is 36.7 Å². The lowest BCUT2D eigenvalue weighted by molar-refractivity contribution is 0.00105. The predicted octanol–water partition coefficient (Wildman–Crippen LogP) is -0.654. The van der Waals surface area contributed by atoms with Crippen LogP contribution in [-0.2, 0) is 42.1 Å². The van der Waals surface area contributed by atoms with Gasteiger partial charge in [-0.05, 0) is 26.2 Å². The second kappa shape index (κ2) is 13.0. The van der Waals surface area contributed by atoms with Crippen LogP contribution in [0.25, 0.3) is 0 Å². The van der Waals surface area contributed by atoms with Crippen LogP contribution >= 0.6 is 0 Å². The van der Waals surface area contributed by atoms with Crippen molar-refractivity contribution in [3.63, 3.8) is 0 Å². The zero-order valence-corrected chi connectivity index (χ0v) is 26.5. The Hall–Kier alpha value is 0.735. The van der Waals surface area contributed by atoms with Crippen LogP contribution in [0.15, 0.2) is 24.6 Å². The molecule has 2 unspecified atom stereocenters. The average molecular weight is 578 g/mol. The van der Waals surface area contributed by atoms with Crippen LogP contribution in [0.3, 0.4) is 0 Å². The van der Waals surface area contributed by atoms with E-state index in [0.717, 1.165) is 7.11 Å². The fourth-order valence-corrected chi connectivity index (χ4v) is 18.2. The van der Waals surface area contributed by atoms with E-state index in [-0.39, 0.29) is 0 Å². The van der Waals surface area contributed by atoms with Crippen molar-refractivity contribution in [1.82, 2.24) is 0 Å². The average Bonchev–Trinajstić information content (AvgIpc) is 2.72. The molecule has 0 aliphatic heterocycles. The molecule has 0 fully saturated rings. The molecular weight excluding hydrogens is 549 g/mol. The highest BCUT2D eigenvalue weighted by molar-refractivity contribution is 6.88. The largest absolute Gasteiger partial charge is 0.665 e. The first-order valence-corrected chi connectivity index (χ1v) is 21.5. The Morgan fingerprint density at radius 2 is 1.19 bits per heavy atom. The summed E-state index contributed by atoms with van der Waals surface area (Å²) in [5.41, 5.74) is 3.18. The van der Waals surface area contributed by atoms with Crippen LogP contribution in [0.1, 0.15) is 0 Å². The van der Waals surface area contributed by atoms with Crippen molar-refractivity contribution >= 4 is 74.3 Å². The third-order valence-electron chi connectivity index (χ3n) is 3.41. The molecule has 2 N–H and O–H groups in total. The molecule has 0 saturated heterocycles. The molecule has 20 heteroatoms. The summed E-state index contributed by atoms with van der Waals surface area (Å²) in [6, 6.07) is 0. The highest BCUT2D eigenvalue weighted by Crippen LogP contribution is 2.27. The minimum absolute atomic E-state index is 1.12. The SMILES string of the molecule is C=C[Si](C)(C)O[Si](OC)(O[Si])O[Si@](O)(OC)O[Si](O[Si])(O[Si](O)OC)O[Si](C)(C)C=C. The van der Waals surface area contributed by atoms with Gasteiger partial charge in [-0.2, -0.15) is 0 Å². The fourth-order valence-electron chi connectivity index (χ4n) is 1.61. The van der Waals surface area contributed by atoms with E-state index < -0.39 is 53.3 Å². The molecule has 0 amide bonds. The minimum Gasteiger partial charge on any atom is -0.395 e. The maximum atomic E-state index is 11.1. The number of rotatable bonds is 17. The van der Waals surface area contributed by atoms with Crippen LogP contribution in [0.2, 0.25) is 26.2 Å². The van der Waals surface area contributed by atoms with Gasteiger partial charge in [0.05, 0.1) is 0 Å². The maximum Gasteiger partial charge on any atom is 0.665 e. The first-order chi connectivity index (χ1) is 14.1. The molecule has 0 bridgehead atoms. The lowest BCUT2D eigenvalue weighted by atomic mass is 11.3. The van der Waals surface area contributed by atoms with Gasteiger partial charge < -0.3 is 51.7 Å². The standard InChI is InChI=1S/C11H29O12Si8/c1-10-27(6,7)20-30(16-5,17-24)22-29(13,15-4)23-31(18-25,19-26(12)14-3)21-28(8,9)11-2/h10-13H,1-2H2,3-9H3/t29-,30?,31?/m0/s1. The molecule has 12 nitrogen and oxygen atoms in total.